The maximum Gasteiger partial charge on any atom is 0.0622 e. The van der Waals surface area contributed by atoms with Crippen LogP contribution in [-0.2, 0) is 4.74 Å². The van der Waals surface area contributed by atoms with Crippen molar-refractivity contribution < 1.29 is 4.74 Å². The Morgan fingerprint density at radius 1 is 1.25 bits per heavy atom. The van der Waals surface area contributed by atoms with Crippen LogP contribution < -0.4 is 5.32 Å². The first-order valence-corrected chi connectivity index (χ1v) is 8.52. The van der Waals surface area contributed by atoms with Gasteiger partial charge in [0.05, 0.1) is 6.61 Å². The Kier molecular flexibility index (Phi) is 5.88. The van der Waals surface area contributed by atoms with Gasteiger partial charge in [-0.25, -0.2) is 0 Å². The predicted octanol–water partition coefficient (Wildman–Crippen LogP) is 2.90. The van der Waals surface area contributed by atoms with Crippen LogP contribution in [0.5, 0.6) is 0 Å². The molecule has 3 nitrogen and oxygen atoms in total. The van der Waals surface area contributed by atoms with E-state index in [0.29, 0.717) is 17.5 Å². The molecule has 0 radical (unpaired) electrons. The van der Waals surface area contributed by atoms with Crippen LogP contribution in [0.3, 0.4) is 0 Å². The molecule has 1 unspecified atom stereocenters. The minimum atomic E-state index is 0.480. The van der Waals surface area contributed by atoms with Crippen molar-refractivity contribution in [3.05, 3.63) is 0 Å². The van der Waals surface area contributed by atoms with Gasteiger partial charge < -0.3 is 15.0 Å². The Balaban J connectivity index is 1.94. The van der Waals surface area contributed by atoms with Crippen molar-refractivity contribution in [2.24, 2.45) is 11.3 Å². The van der Waals surface area contributed by atoms with E-state index < -0.39 is 0 Å². The topological polar surface area (TPSA) is 24.5 Å². The second-order valence-electron chi connectivity index (χ2n) is 7.65. The number of hydrogen-bond acceptors (Lipinski definition) is 3. The van der Waals surface area contributed by atoms with Gasteiger partial charge in [-0.2, -0.15) is 0 Å². The molecule has 2 rings (SSSR count). The van der Waals surface area contributed by atoms with E-state index in [-0.39, 0.29) is 0 Å². The van der Waals surface area contributed by atoms with Gasteiger partial charge in [-0.3, -0.25) is 0 Å². The van der Waals surface area contributed by atoms with Crippen LogP contribution in [0, 0.1) is 11.3 Å². The maximum atomic E-state index is 5.56. The Hall–Kier alpha value is -0.120. The van der Waals surface area contributed by atoms with Crippen molar-refractivity contribution in [3.63, 3.8) is 0 Å². The molecule has 118 valence electrons. The molecular weight excluding hydrogens is 248 g/mol. The lowest BCUT2D eigenvalue weighted by molar-refractivity contribution is 0.0709. The lowest BCUT2D eigenvalue weighted by Crippen LogP contribution is -2.49. The van der Waals surface area contributed by atoms with Gasteiger partial charge in [0.15, 0.2) is 0 Å². The fraction of sp³-hybridized carbons (Fsp3) is 1.00. The first-order valence-electron chi connectivity index (χ1n) is 8.52. The summed E-state index contributed by atoms with van der Waals surface area (Å²) in [5, 5.41) is 3.71. The quantitative estimate of drug-likeness (QED) is 0.811. The van der Waals surface area contributed by atoms with Gasteiger partial charge in [-0.1, -0.05) is 33.6 Å². The molecule has 0 aromatic carbocycles. The zero-order chi connectivity index (χ0) is 14.6. The molecule has 2 aliphatic rings. The Bertz CT molecular complexity index is 279. The van der Waals surface area contributed by atoms with Crippen molar-refractivity contribution in [3.8, 4) is 0 Å². The molecular formula is C17H34N2O. The summed E-state index contributed by atoms with van der Waals surface area (Å²) in [5.41, 5.74) is 0.480. The zero-order valence-corrected chi connectivity index (χ0v) is 14.0. The average molecular weight is 282 g/mol. The van der Waals surface area contributed by atoms with Crippen LogP contribution >= 0.6 is 0 Å². The maximum absolute atomic E-state index is 5.56. The molecule has 1 aliphatic heterocycles. The number of nitrogens with zero attached hydrogens (tertiary/aromatic N) is 1. The molecule has 1 saturated carbocycles. The van der Waals surface area contributed by atoms with Crippen LogP contribution in [0.25, 0.3) is 0 Å². The van der Waals surface area contributed by atoms with Gasteiger partial charge in [0.1, 0.15) is 0 Å². The molecule has 20 heavy (non-hydrogen) atoms. The minimum absolute atomic E-state index is 0.480. The summed E-state index contributed by atoms with van der Waals surface area (Å²) in [6.45, 7) is 11.2. The first kappa shape index (κ1) is 16.3. The highest BCUT2D eigenvalue weighted by Crippen LogP contribution is 2.39. The fourth-order valence-electron chi connectivity index (χ4n) is 3.71. The molecule has 1 heterocycles. The van der Waals surface area contributed by atoms with E-state index in [1.54, 1.807) is 0 Å². The van der Waals surface area contributed by atoms with E-state index in [4.69, 9.17) is 4.74 Å². The molecule has 0 aromatic heterocycles. The third-order valence-corrected chi connectivity index (χ3v) is 5.33. The molecule has 2 fully saturated rings. The summed E-state index contributed by atoms with van der Waals surface area (Å²) in [7, 11) is 2.30. The van der Waals surface area contributed by atoms with Crippen LogP contribution in [0.4, 0.5) is 0 Å². The highest BCUT2D eigenvalue weighted by atomic mass is 16.5. The standard InChI is InChI=1S/C17H34N2O/c1-14(2)18-12-17(8-5-15(3)6-9-17)13-19(4)16-7-10-20-11-16/h14-16,18H,5-13H2,1-4H3. The summed E-state index contributed by atoms with van der Waals surface area (Å²) in [6.07, 6.45) is 6.77. The van der Waals surface area contributed by atoms with Gasteiger partial charge in [0.25, 0.3) is 0 Å². The lowest BCUT2D eigenvalue weighted by atomic mass is 9.70. The number of ether oxygens (including phenoxy) is 1. The molecule has 0 bridgehead atoms. The zero-order valence-electron chi connectivity index (χ0n) is 14.0. The van der Waals surface area contributed by atoms with Crippen LogP contribution in [-0.4, -0.2) is 50.3 Å². The van der Waals surface area contributed by atoms with Gasteiger partial charge in [-0.05, 0) is 37.6 Å². The van der Waals surface area contributed by atoms with E-state index in [0.717, 1.165) is 19.1 Å². The van der Waals surface area contributed by atoms with Gasteiger partial charge in [-0.15, -0.1) is 0 Å². The third-order valence-electron chi connectivity index (χ3n) is 5.33. The Morgan fingerprint density at radius 2 is 1.95 bits per heavy atom. The van der Waals surface area contributed by atoms with Gasteiger partial charge in [0.2, 0.25) is 0 Å². The van der Waals surface area contributed by atoms with Crippen molar-refractivity contribution in [1.82, 2.24) is 10.2 Å². The summed E-state index contributed by atoms with van der Waals surface area (Å²) in [5.74, 6) is 0.919. The number of nitrogens with one attached hydrogen (secondary N) is 1. The highest BCUT2D eigenvalue weighted by Gasteiger charge is 2.36. The van der Waals surface area contributed by atoms with Gasteiger partial charge >= 0.3 is 0 Å². The third kappa shape index (κ3) is 4.44. The van der Waals surface area contributed by atoms with E-state index in [1.165, 1.54) is 45.2 Å². The van der Waals surface area contributed by atoms with E-state index in [9.17, 15) is 0 Å². The Morgan fingerprint density at radius 3 is 2.50 bits per heavy atom. The molecule has 1 aliphatic carbocycles. The van der Waals surface area contributed by atoms with E-state index >= 15 is 0 Å². The number of hydrogen-bond donors (Lipinski definition) is 1. The molecule has 0 spiro atoms. The first-order chi connectivity index (χ1) is 9.51. The van der Waals surface area contributed by atoms with E-state index in [2.05, 4.69) is 38.0 Å². The number of rotatable bonds is 6. The normalized spacial score (nSPS) is 35.1. The predicted molar refractivity (Wildman–Crippen MR) is 85.1 cm³/mol. The van der Waals surface area contributed by atoms with Crippen LogP contribution in [0.15, 0.2) is 0 Å². The van der Waals surface area contributed by atoms with Gasteiger partial charge in [0, 0.05) is 31.8 Å². The molecule has 1 saturated heterocycles. The summed E-state index contributed by atoms with van der Waals surface area (Å²) < 4.78 is 5.56. The van der Waals surface area contributed by atoms with Crippen molar-refractivity contribution in [2.75, 3.05) is 33.4 Å². The summed E-state index contributed by atoms with van der Waals surface area (Å²) in [6, 6.07) is 1.23. The largest absolute Gasteiger partial charge is 0.380 e. The molecule has 1 atom stereocenters. The lowest BCUT2D eigenvalue weighted by Gasteiger charge is -2.43. The SMILES string of the molecule is CC1CCC(CNC(C)C)(CN(C)C2CCOC2)CC1. The number of likely N-dealkylation sites (N-methyl/N-ethyl adjacent to an activating group) is 1. The van der Waals surface area contributed by atoms with Crippen LogP contribution in [0.1, 0.15) is 52.9 Å². The van der Waals surface area contributed by atoms with E-state index in [1.807, 2.05) is 0 Å². The van der Waals surface area contributed by atoms with Crippen molar-refractivity contribution in [2.45, 2.75) is 65.0 Å². The monoisotopic (exact) mass is 282 g/mol. The Labute approximate surface area is 125 Å². The average Bonchev–Trinajstić information content (AvgIpc) is 2.94. The molecule has 3 heteroatoms. The minimum Gasteiger partial charge on any atom is -0.380 e. The van der Waals surface area contributed by atoms with Crippen LogP contribution in [0.2, 0.25) is 0 Å². The van der Waals surface area contributed by atoms with Crippen molar-refractivity contribution in [1.29, 1.82) is 0 Å². The molecule has 1 N–H and O–H groups in total. The second-order valence-corrected chi connectivity index (χ2v) is 7.65. The fourth-order valence-corrected chi connectivity index (χ4v) is 3.71. The molecule has 0 aromatic rings. The molecule has 0 amide bonds. The summed E-state index contributed by atoms with van der Waals surface area (Å²) >= 11 is 0. The second kappa shape index (κ2) is 7.24. The summed E-state index contributed by atoms with van der Waals surface area (Å²) in [4.78, 5) is 2.57. The van der Waals surface area contributed by atoms with Crippen molar-refractivity contribution >= 4 is 0 Å². The smallest absolute Gasteiger partial charge is 0.0622 e. The highest BCUT2D eigenvalue weighted by molar-refractivity contribution is 4.91.